The van der Waals surface area contributed by atoms with Crippen molar-refractivity contribution in [1.82, 2.24) is 5.32 Å². The highest BCUT2D eigenvalue weighted by Crippen LogP contribution is 2.10. The van der Waals surface area contributed by atoms with Crippen LogP contribution in [0.2, 0.25) is 0 Å². The minimum Gasteiger partial charge on any atom is -1.00 e. The molecule has 1 rings (SSSR count). The highest BCUT2D eigenvalue weighted by Gasteiger charge is 2.06. The zero-order valence-corrected chi connectivity index (χ0v) is 12.9. The predicted molar refractivity (Wildman–Crippen MR) is 75.9 cm³/mol. The van der Waals surface area contributed by atoms with Gasteiger partial charge in [0.05, 0.1) is 6.54 Å². The van der Waals surface area contributed by atoms with E-state index in [1.165, 1.54) is 77.3 Å². The summed E-state index contributed by atoms with van der Waals surface area (Å²) in [6, 6.07) is 0. The molecule has 0 radical (unpaired) electrons. The van der Waals surface area contributed by atoms with E-state index in [1.54, 1.807) is 0 Å². The summed E-state index contributed by atoms with van der Waals surface area (Å²) in [6.07, 6.45) is 16.5. The van der Waals surface area contributed by atoms with Crippen molar-refractivity contribution in [3.05, 3.63) is 0 Å². The van der Waals surface area contributed by atoms with Crippen LogP contribution in [0.4, 0.5) is 0 Å². The largest absolute Gasteiger partial charge is 1.00 e. The molecule has 1 aliphatic rings. The van der Waals surface area contributed by atoms with Gasteiger partial charge in [0, 0.05) is 0 Å². The lowest BCUT2D eigenvalue weighted by Gasteiger charge is -2.02. The van der Waals surface area contributed by atoms with Crippen LogP contribution in [0.25, 0.3) is 0 Å². The zero-order valence-electron chi connectivity index (χ0n) is 12.1. The van der Waals surface area contributed by atoms with Crippen LogP contribution in [0, 0.1) is 0 Å². The Morgan fingerprint density at radius 3 is 1.94 bits per heavy atom. The molecule has 1 N–H and O–H groups in total. The van der Waals surface area contributed by atoms with Crippen molar-refractivity contribution in [3.8, 4) is 0 Å². The van der Waals surface area contributed by atoms with Gasteiger partial charge in [-0.25, -0.2) is 0 Å². The average molecular weight is 275 g/mol. The summed E-state index contributed by atoms with van der Waals surface area (Å²) in [5.41, 5.74) is 0. The SMILES string of the molecule is CCCCCCCCCCCC[N+]1=CNCC1.[Cl-]. The van der Waals surface area contributed by atoms with Crippen molar-refractivity contribution in [3.63, 3.8) is 0 Å². The molecule has 0 aromatic rings. The third-order valence-electron chi connectivity index (χ3n) is 3.62. The number of rotatable bonds is 11. The van der Waals surface area contributed by atoms with Gasteiger partial charge in [0.25, 0.3) is 0 Å². The van der Waals surface area contributed by atoms with Crippen LogP contribution in [-0.4, -0.2) is 30.5 Å². The Labute approximate surface area is 120 Å². The molecule has 3 heteroatoms. The Balaban J connectivity index is 0.00000289. The molecule has 0 bridgehead atoms. The second-order valence-electron chi connectivity index (χ2n) is 5.30. The Morgan fingerprint density at radius 1 is 0.889 bits per heavy atom. The molecule has 0 fully saturated rings. The van der Waals surface area contributed by atoms with E-state index in [0.717, 1.165) is 6.54 Å². The first-order valence-corrected chi connectivity index (χ1v) is 7.74. The lowest BCUT2D eigenvalue weighted by atomic mass is 10.1. The fourth-order valence-corrected chi connectivity index (χ4v) is 2.45. The van der Waals surface area contributed by atoms with Gasteiger partial charge in [0.2, 0.25) is 6.34 Å². The molecular weight excluding hydrogens is 244 g/mol. The van der Waals surface area contributed by atoms with Gasteiger partial charge in [-0.15, -0.1) is 0 Å². The van der Waals surface area contributed by atoms with Crippen LogP contribution in [0.1, 0.15) is 71.1 Å². The normalized spacial score (nSPS) is 13.9. The third kappa shape index (κ3) is 9.76. The number of hydrogen-bond acceptors (Lipinski definition) is 1. The minimum absolute atomic E-state index is 0. The van der Waals surface area contributed by atoms with Gasteiger partial charge in [-0.05, 0) is 12.8 Å². The van der Waals surface area contributed by atoms with E-state index >= 15 is 0 Å². The molecule has 0 unspecified atom stereocenters. The molecule has 0 spiro atoms. The molecule has 1 heterocycles. The summed E-state index contributed by atoms with van der Waals surface area (Å²) >= 11 is 0. The van der Waals surface area contributed by atoms with Gasteiger partial charge < -0.3 is 12.4 Å². The molecule has 0 saturated carbocycles. The van der Waals surface area contributed by atoms with E-state index in [2.05, 4.69) is 23.2 Å². The molecule has 0 atom stereocenters. The van der Waals surface area contributed by atoms with Gasteiger partial charge in [0.15, 0.2) is 0 Å². The maximum atomic E-state index is 3.26. The average Bonchev–Trinajstić information content (AvgIpc) is 2.85. The van der Waals surface area contributed by atoms with Crippen LogP contribution >= 0.6 is 0 Å². The van der Waals surface area contributed by atoms with E-state index in [4.69, 9.17) is 0 Å². The lowest BCUT2D eigenvalue weighted by molar-refractivity contribution is -0.514. The highest BCUT2D eigenvalue weighted by molar-refractivity contribution is 5.49. The summed E-state index contributed by atoms with van der Waals surface area (Å²) in [7, 11) is 0. The topological polar surface area (TPSA) is 15.0 Å². The lowest BCUT2D eigenvalue weighted by Crippen LogP contribution is -3.00. The van der Waals surface area contributed by atoms with Crippen LogP contribution in [0.5, 0.6) is 0 Å². The van der Waals surface area contributed by atoms with Crippen molar-refractivity contribution in [2.75, 3.05) is 19.6 Å². The van der Waals surface area contributed by atoms with E-state index < -0.39 is 0 Å². The number of hydrogen-bond donors (Lipinski definition) is 1. The Hall–Kier alpha value is -0.240. The van der Waals surface area contributed by atoms with Crippen molar-refractivity contribution < 1.29 is 17.0 Å². The number of halogens is 1. The predicted octanol–water partition coefficient (Wildman–Crippen LogP) is 0.555. The van der Waals surface area contributed by atoms with Gasteiger partial charge in [0.1, 0.15) is 13.1 Å². The maximum Gasteiger partial charge on any atom is 0.232 e. The molecule has 0 aromatic carbocycles. The Bertz CT molecular complexity index is 205. The fourth-order valence-electron chi connectivity index (χ4n) is 2.45. The van der Waals surface area contributed by atoms with Gasteiger partial charge >= 0.3 is 0 Å². The monoisotopic (exact) mass is 274 g/mol. The second kappa shape index (κ2) is 13.2. The van der Waals surface area contributed by atoms with E-state index in [1.807, 2.05) is 0 Å². The molecule has 2 nitrogen and oxygen atoms in total. The summed E-state index contributed by atoms with van der Waals surface area (Å²) in [6.45, 7) is 5.88. The van der Waals surface area contributed by atoms with E-state index in [0.29, 0.717) is 0 Å². The zero-order chi connectivity index (χ0) is 12.2. The standard InChI is InChI=1S/C15H30N2.ClH/c1-2-3-4-5-6-7-8-9-10-11-13-17-14-12-16-15-17;/h15H,2-14H2,1H3;1H. The molecule has 0 aromatic heterocycles. The van der Waals surface area contributed by atoms with Crippen molar-refractivity contribution in [2.24, 2.45) is 0 Å². The number of nitrogens with one attached hydrogen (secondary N) is 1. The quantitative estimate of drug-likeness (QED) is 0.430. The summed E-state index contributed by atoms with van der Waals surface area (Å²) in [5, 5.41) is 3.26. The van der Waals surface area contributed by atoms with Gasteiger partial charge in [-0.2, -0.15) is 0 Å². The molecule has 18 heavy (non-hydrogen) atoms. The van der Waals surface area contributed by atoms with Crippen molar-refractivity contribution in [2.45, 2.75) is 71.1 Å². The fraction of sp³-hybridized carbons (Fsp3) is 0.933. The maximum absolute atomic E-state index is 3.26. The van der Waals surface area contributed by atoms with E-state index in [9.17, 15) is 0 Å². The first-order chi connectivity index (χ1) is 8.43. The van der Waals surface area contributed by atoms with Crippen LogP contribution in [-0.2, 0) is 0 Å². The van der Waals surface area contributed by atoms with Gasteiger partial charge in [-0.1, -0.05) is 58.3 Å². The molecule has 0 aliphatic carbocycles. The van der Waals surface area contributed by atoms with Crippen molar-refractivity contribution in [1.29, 1.82) is 0 Å². The Morgan fingerprint density at radius 2 is 1.44 bits per heavy atom. The summed E-state index contributed by atoms with van der Waals surface area (Å²) < 4.78 is 2.41. The number of nitrogens with zero attached hydrogens (tertiary/aromatic N) is 1. The first kappa shape index (κ1) is 17.8. The van der Waals surface area contributed by atoms with E-state index in [-0.39, 0.29) is 12.4 Å². The third-order valence-corrected chi connectivity index (χ3v) is 3.62. The minimum atomic E-state index is 0. The molecular formula is C15H31ClN2. The summed E-state index contributed by atoms with van der Waals surface area (Å²) in [4.78, 5) is 0. The Kier molecular flexibility index (Phi) is 13.0. The van der Waals surface area contributed by atoms with Crippen LogP contribution in [0.3, 0.4) is 0 Å². The number of unbranched alkanes of at least 4 members (excludes halogenated alkanes) is 9. The molecule has 1 aliphatic heterocycles. The van der Waals surface area contributed by atoms with Crippen LogP contribution in [0.15, 0.2) is 0 Å². The van der Waals surface area contributed by atoms with Gasteiger partial charge in [-0.3, -0.25) is 9.89 Å². The second-order valence-corrected chi connectivity index (χ2v) is 5.30. The first-order valence-electron chi connectivity index (χ1n) is 7.74. The molecule has 0 amide bonds. The molecule has 108 valence electrons. The highest BCUT2D eigenvalue weighted by atomic mass is 35.5. The van der Waals surface area contributed by atoms with Crippen LogP contribution < -0.4 is 17.7 Å². The van der Waals surface area contributed by atoms with Crippen molar-refractivity contribution >= 4 is 6.34 Å². The summed E-state index contributed by atoms with van der Waals surface area (Å²) in [5.74, 6) is 0. The molecule has 0 saturated heterocycles. The smallest absolute Gasteiger partial charge is 0.232 e.